The molecule has 5 nitrogen and oxygen atoms in total. The summed E-state index contributed by atoms with van der Waals surface area (Å²) in [4.78, 5) is 14.6. The summed E-state index contributed by atoms with van der Waals surface area (Å²) in [6.07, 6.45) is 0. The summed E-state index contributed by atoms with van der Waals surface area (Å²) in [5.41, 5.74) is 2.81. The van der Waals surface area contributed by atoms with Crippen LogP contribution in [-0.4, -0.2) is 31.8 Å². The largest absolute Gasteiger partial charge is 0.334 e. The van der Waals surface area contributed by atoms with E-state index in [1.54, 1.807) is 4.68 Å². The van der Waals surface area contributed by atoms with Crippen molar-refractivity contribution in [1.82, 2.24) is 19.9 Å². The molecule has 23 heavy (non-hydrogen) atoms. The quantitative estimate of drug-likeness (QED) is 0.728. The van der Waals surface area contributed by atoms with Gasteiger partial charge >= 0.3 is 0 Å². The molecule has 1 amide bonds. The first-order valence-corrected chi connectivity index (χ1v) is 7.77. The van der Waals surface area contributed by atoms with Crippen molar-refractivity contribution in [3.8, 4) is 0 Å². The molecule has 0 atom stereocenters. The minimum absolute atomic E-state index is 0.0412. The molecule has 0 bridgehead atoms. The highest BCUT2D eigenvalue weighted by Gasteiger charge is 2.19. The molecule has 0 N–H and O–H groups in total. The van der Waals surface area contributed by atoms with Crippen LogP contribution in [0.25, 0.3) is 11.0 Å². The van der Waals surface area contributed by atoms with Crippen LogP contribution in [0.3, 0.4) is 0 Å². The highest BCUT2D eigenvalue weighted by atomic mass is 16.2. The molecular weight excluding hydrogens is 288 g/mol. The Morgan fingerprint density at radius 1 is 1.09 bits per heavy atom. The number of hydrogen-bond acceptors (Lipinski definition) is 3. The van der Waals surface area contributed by atoms with Crippen molar-refractivity contribution in [3.63, 3.8) is 0 Å². The van der Waals surface area contributed by atoms with Gasteiger partial charge in [-0.15, -0.1) is 5.10 Å². The molecule has 0 saturated carbocycles. The number of rotatable bonds is 5. The standard InChI is InChI=1S/C18H20N4O/c1-14(2)21(12-15-8-4-3-5-9-15)18(23)13-22-17-11-7-6-10-16(17)19-20-22/h3-11,14H,12-13H2,1-2H3. The first kappa shape index (κ1) is 15.2. The molecule has 2 aromatic carbocycles. The number of carbonyl (C=O) groups excluding carboxylic acids is 1. The number of benzene rings is 2. The third-order valence-corrected chi connectivity index (χ3v) is 3.84. The third kappa shape index (κ3) is 3.39. The number of aromatic nitrogens is 3. The van der Waals surface area contributed by atoms with Crippen LogP contribution in [0.1, 0.15) is 19.4 Å². The Morgan fingerprint density at radius 2 is 1.78 bits per heavy atom. The third-order valence-electron chi connectivity index (χ3n) is 3.84. The average Bonchev–Trinajstić information content (AvgIpc) is 2.96. The van der Waals surface area contributed by atoms with Crippen LogP contribution in [0.2, 0.25) is 0 Å². The molecule has 1 aromatic heterocycles. The number of fused-ring (bicyclic) bond motifs is 1. The van der Waals surface area contributed by atoms with E-state index < -0.39 is 0 Å². The van der Waals surface area contributed by atoms with Gasteiger partial charge in [-0.2, -0.15) is 0 Å². The van der Waals surface area contributed by atoms with E-state index in [1.807, 2.05) is 73.3 Å². The zero-order valence-corrected chi connectivity index (χ0v) is 13.4. The Kier molecular flexibility index (Phi) is 4.37. The molecule has 118 valence electrons. The second kappa shape index (κ2) is 6.60. The molecule has 0 spiro atoms. The van der Waals surface area contributed by atoms with Crippen molar-refractivity contribution >= 4 is 16.9 Å². The molecule has 5 heteroatoms. The van der Waals surface area contributed by atoms with Crippen LogP contribution in [0, 0.1) is 0 Å². The molecule has 0 fully saturated rings. The molecule has 3 rings (SSSR count). The van der Waals surface area contributed by atoms with E-state index in [0.29, 0.717) is 6.54 Å². The van der Waals surface area contributed by atoms with Gasteiger partial charge in [0.2, 0.25) is 5.91 Å². The highest BCUT2D eigenvalue weighted by molar-refractivity contribution is 5.80. The van der Waals surface area contributed by atoms with Crippen LogP contribution >= 0.6 is 0 Å². The van der Waals surface area contributed by atoms with Gasteiger partial charge in [-0.3, -0.25) is 4.79 Å². The zero-order chi connectivity index (χ0) is 16.2. The summed E-state index contributed by atoms with van der Waals surface area (Å²) >= 11 is 0. The fourth-order valence-electron chi connectivity index (χ4n) is 2.59. The Hall–Kier alpha value is -2.69. The molecule has 0 aliphatic carbocycles. The minimum atomic E-state index is 0.0412. The Balaban J connectivity index is 1.79. The van der Waals surface area contributed by atoms with Crippen molar-refractivity contribution in [1.29, 1.82) is 0 Å². The lowest BCUT2D eigenvalue weighted by atomic mass is 10.2. The van der Waals surface area contributed by atoms with Crippen LogP contribution < -0.4 is 0 Å². The maximum absolute atomic E-state index is 12.7. The molecule has 1 heterocycles. The van der Waals surface area contributed by atoms with Crippen LogP contribution in [0.5, 0.6) is 0 Å². The van der Waals surface area contributed by atoms with E-state index in [2.05, 4.69) is 10.3 Å². The number of hydrogen-bond donors (Lipinski definition) is 0. The van der Waals surface area contributed by atoms with Gasteiger partial charge in [-0.05, 0) is 31.5 Å². The second-order valence-electron chi connectivity index (χ2n) is 5.84. The maximum atomic E-state index is 12.7. The SMILES string of the molecule is CC(C)N(Cc1ccccc1)C(=O)Cn1nnc2ccccc21. The summed E-state index contributed by atoms with van der Waals surface area (Å²) in [6, 6.07) is 17.8. The molecule has 0 saturated heterocycles. The summed E-state index contributed by atoms with van der Waals surface area (Å²) in [5, 5.41) is 8.21. The van der Waals surface area contributed by atoms with Gasteiger partial charge < -0.3 is 4.90 Å². The monoisotopic (exact) mass is 308 g/mol. The molecule has 3 aromatic rings. The lowest BCUT2D eigenvalue weighted by Gasteiger charge is -2.27. The van der Waals surface area contributed by atoms with E-state index in [1.165, 1.54) is 0 Å². The predicted octanol–water partition coefficient (Wildman–Crippen LogP) is 2.87. The van der Waals surface area contributed by atoms with Crippen molar-refractivity contribution in [3.05, 3.63) is 60.2 Å². The highest BCUT2D eigenvalue weighted by Crippen LogP contribution is 2.13. The average molecular weight is 308 g/mol. The molecule has 0 radical (unpaired) electrons. The maximum Gasteiger partial charge on any atom is 0.244 e. The molecule has 0 aliphatic rings. The summed E-state index contributed by atoms with van der Waals surface area (Å²) in [7, 11) is 0. The molecule has 0 unspecified atom stereocenters. The van der Waals surface area contributed by atoms with Crippen LogP contribution in [0.4, 0.5) is 0 Å². The predicted molar refractivity (Wildman–Crippen MR) is 89.7 cm³/mol. The Morgan fingerprint density at radius 3 is 2.52 bits per heavy atom. The van der Waals surface area contributed by atoms with Gasteiger partial charge in [0, 0.05) is 12.6 Å². The topological polar surface area (TPSA) is 51.0 Å². The van der Waals surface area contributed by atoms with Gasteiger partial charge in [0.15, 0.2) is 0 Å². The zero-order valence-electron chi connectivity index (χ0n) is 13.4. The summed E-state index contributed by atoms with van der Waals surface area (Å²) < 4.78 is 1.66. The van der Waals surface area contributed by atoms with Gasteiger partial charge in [0.05, 0.1) is 5.52 Å². The van der Waals surface area contributed by atoms with Crippen molar-refractivity contribution in [2.24, 2.45) is 0 Å². The number of para-hydroxylation sites is 1. The van der Waals surface area contributed by atoms with Gasteiger partial charge in [-0.1, -0.05) is 47.7 Å². The van der Waals surface area contributed by atoms with E-state index in [9.17, 15) is 4.79 Å². The first-order valence-electron chi connectivity index (χ1n) is 7.77. The smallest absolute Gasteiger partial charge is 0.244 e. The van der Waals surface area contributed by atoms with E-state index in [0.717, 1.165) is 16.6 Å². The number of amides is 1. The van der Waals surface area contributed by atoms with Gasteiger partial charge in [-0.25, -0.2) is 4.68 Å². The molecule has 0 aliphatic heterocycles. The first-order chi connectivity index (χ1) is 11.1. The lowest BCUT2D eigenvalue weighted by molar-refractivity contribution is -0.134. The summed E-state index contributed by atoms with van der Waals surface area (Å²) in [6.45, 7) is 4.86. The second-order valence-corrected chi connectivity index (χ2v) is 5.84. The Bertz CT molecular complexity index is 795. The number of carbonyl (C=O) groups is 1. The minimum Gasteiger partial charge on any atom is -0.334 e. The lowest BCUT2D eigenvalue weighted by Crippen LogP contribution is -2.38. The van der Waals surface area contributed by atoms with Crippen LogP contribution in [0.15, 0.2) is 54.6 Å². The summed E-state index contributed by atoms with van der Waals surface area (Å²) in [5.74, 6) is 0.0412. The van der Waals surface area contributed by atoms with E-state index >= 15 is 0 Å². The van der Waals surface area contributed by atoms with Gasteiger partial charge in [0.1, 0.15) is 12.1 Å². The normalized spacial score (nSPS) is 11.1. The fourth-order valence-corrected chi connectivity index (χ4v) is 2.59. The van der Waals surface area contributed by atoms with Crippen molar-refractivity contribution < 1.29 is 4.79 Å². The van der Waals surface area contributed by atoms with Crippen molar-refractivity contribution in [2.45, 2.75) is 33.0 Å². The van der Waals surface area contributed by atoms with Gasteiger partial charge in [0.25, 0.3) is 0 Å². The van der Waals surface area contributed by atoms with E-state index in [4.69, 9.17) is 0 Å². The van der Waals surface area contributed by atoms with E-state index in [-0.39, 0.29) is 18.5 Å². The Labute approximate surface area is 135 Å². The fraction of sp³-hybridized carbons (Fsp3) is 0.278. The van der Waals surface area contributed by atoms with Crippen molar-refractivity contribution in [2.75, 3.05) is 0 Å². The van der Waals surface area contributed by atoms with Crippen LogP contribution in [-0.2, 0) is 17.9 Å². The molecular formula is C18H20N4O. The number of nitrogens with zero attached hydrogens (tertiary/aromatic N) is 4.